The van der Waals surface area contributed by atoms with Crippen molar-refractivity contribution in [3.8, 4) is 5.75 Å². The highest BCUT2D eigenvalue weighted by Gasteiger charge is 2.33. The summed E-state index contributed by atoms with van der Waals surface area (Å²) in [5, 5.41) is 0. The van der Waals surface area contributed by atoms with Crippen LogP contribution in [0, 0.1) is 16.4 Å². The SMILES string of the molecule is Cc1cc(OCC2CN(C(=O)OC(C)(C)C)C2)ccc1I. The van der Waals surface area contributed by atoms with Gasteiger partial charge in [-0.05, 0) is 74.0 Å². The van der Waals surface area contributed by atoms with Crippen LogP contribution in [0.5, 0.6) is 5.75 Å². The molecule has 0 aliphatic carbocycles. The van der Waals surface area contributed by atoms with Crippen molar-refractivity contribution in [3.05, 3.63) is 27.3 Å². The third kappa shape index (κ3) is 4.76. The number of hydrogen-bond acceptors (Lipinski definition) is 3. The van der Waals surface area contributed by atoms with Crippen molar-refractivity contribution in [2.45, 2.75) is 33.3 Å². The first kappa shape index (κ1) is 16.4. The Hall–Kier alpha value is -0.980. The van der Waals surface area contributed by atoms with Crippen molar-refractivity contribution in [2.24, 2.45) is 5.92 Å². The molecule has 0 spiro atoms. The number of nitrogens with zero attached hydrogens (tertiary/aromatic N) is 1. The molecular formula is C16H22INO3. The van der Waals surface area contributed by atoms with Crippen molar-refractivity contribution in [1.82, 2.24) is 4.90 Å². The number of halogens is 1. The summed E-state index contributed by atoms with van der Waals surface area (Å²) >= 11 is 2.31. The maximum Gasteiger partial charge on any atom is 0.410 e. The minimum Gasteiger partial charge on any atom is -0.493 e. The average Bonchev–Trinajstić information content (AvgIpc) is 2.29. The number of benzene rings is 1. The molecule has 1 fully saturated rings. The second-order valence-electron chi connectivity index (χ2n) is 6.47. The van der Waals surface area contributed by atoms with Gasteiger partial charge in [0.1, 0.15) is 11.4 Å². The Morgan fingerprint density at radius 2 is 2.05 bits per heavy atom. The van der Waals surface area contributed by atoms with E-state index >= 15 is 0 Å². The molecular weight excluding hydrogens is 381 g/mol. The molecule has 0 atom stereocenters. The lowest BCUT2D eigenvalue weighted by Gasteiger charge is -2.39. The summed E-state index contributed by atoms with van der Waals surface area (Å²) in [5.41, 5.74) is 0.786. The van der Waals surface area contributed by atoms with Gasteiger partial charge in [-0.25, -0.2) is 4.79 Å². The molecule has 5 heteroatoms. The van der Waals surface area contributed by atoms with E-state index in [1.807, 2.05) is 32.9 Å². The first-order chi connectivity index (χ1) is 9.74. The third-order valence-corrected chi connectivity index (χ3v) is 4.43. The predicted molar refractivity (Wildman–Crippen MR) is 90.7 cm³/mol. The van der Waals surface area contributed by atoms with E-state index in [1.54, 1.807) is 4.90 Å². The fourth-order valence-corrected chi connectivity index (χ4v) is 2.41. The molecule has 4 nitrogen and oxygen atoms in total. The Bertz CT molecular complexity index is 519. The minimum absolute atomic E-state index is 0.233. The summed E-state index contributed by atoms with van der Waals surface area (Å²) in [6, 6.07) is 6.09. The maximum atomic E-state index is 11.8. The molecule has 2 rings (SSSR count). The third-order valence-electron chi connectivity index (χ3n) is 3.22. The Morgan fingerprint density at radius 3 is 2.62 bits per heavy atom. The van der Waals surface area contributed by atoms with Gasteiger partial charge < -0.3 is 14.4 Å². The molecule has 1 saturated heterocycles. The van der Waals surface area contributed by atoms with Crippen LogP contribution < -0.4 is 4.74 Å². The zero-order valence-corrected chi connectivity index (χ0v) is 15.1. The van der Waals surface area contributed by atoms with Gasteiger partial charge >= 0.3 is 6.09 Å². The summed E-state index contributed by atoms with van der Waals surface area (Å²) in [6.07, 6.45) is -0.233. The zero-order chi connectivity index (χ0) is 15.6. The predicted octanol–water partition coefficient (Wildman–Crippen LogP) is 3.85. The summed E-state index contributed by atoms with van der Waals surface area (Å²) < 4.78 is 12.4. The van der Waals surface area contributed by atoms with Crippen LogP contribution in [0.3, 0.4) is 0 Å². The smallest absolute Gasteiger partial charge is 0.410 e. The number of ether oxygens (including phenoxy) is 2. The fraction of sp³-hybridized carbons (Fsp3) is 0.562. The Labute approximate surface area is 139 Å². The number of amides is 1. The zero-order valence-electron chi connectivity index (χ0n) is 13.0. The highest BCUT2D eigenvalue weighted by Crippen LogP contribution is 2.23. The second-order valence-corrected chi connectivity index (χ2v) is 7.64. The summed E-state index contributed by atoms with van der Waals surface area (Å²) in [4.78, 5) is 13.5. The molecule has 1 aliphatic heterocycles. The number of likely N-dealkylation sites (tertiary alicyclic amines) is 1. The molecule has 1 aromatic carbocycles. The Balaban J connectivity index is 1.73. The van der Waals surface area contributed by atoms with Crippen molar-refractivity contribution < 1.29 is 14.3 Å². The van der Waals surface area contributed by atoms with Crippen LogP contribution in [0.4, 0.5) is 4.79 Å². The molecule has 21 heavy (non-hydrogen) atoms. The van der Waals surface area contributed by atoms with Gasteiger partial charge in [0, 0.05) is 22.6 Å². The lowest BCUT2D eigenvalue weighted by Crippen LogP contribution is -2.53. The van der Waals surface area contributed by atoms with Crippen LogP contribution in [0.25, 0.3) is 0 Å². The normalized spacial score (nSPS) is 15.6. The number of rotatable bonds is 3. The lowest BCUT2D eigenvalue weighted by molar-refractivity contribution is -0.00781. The summed E-state index contributed by atoms with van der Waals surface area (Å²) in [6.45, 7) is 9.76. The van der Waals surface area contributed by atoms with Gasteiger partial charge in [-0.15, -0.1) is 0 Å². The van der Waals surface area contributed by atoms with Crippen LogP contribution in [0.2, 0.25) is 0 Å². The van der Waals surface area contributed by atoms with Crippen molar-refractivity contribution in [1.29, 1.82) is 0 Å². The van der Waals surface area contributed by atoms with Gasteiger partial charge in [0.25, 0.3) is 0 Å². The molecule has 0 saturated carbocycles. The molecule has 0 aromatic heterocycles. The monoisotopic (exact) mass is 403 g/mol. The molecule has 116 valence electrons. The number of carbonyl (C=O) groups excluding carboxylic acids is 1. The van der Waals surface area contributed by atoms with Crippen LogP contribution >= 0.6 is 22.6 Å². The highest BCUT2D eigenvalue weighted by molar-refractivity contribution is 14.1. The van der Waals surface area contributed by atoms with E-state index in [0.717, 1.165) is 5.75 Å². The summed E-state index contributed by atoms with van der Waals surface area (Å²) in [5.74, 6) is 1.28. The van der Waals surface area contributed by atoms with Gasteiger partial charge in [-0.1, -0.05) is 0 Å². The molecule has 1 amide bonds. The topological polar surface area (TPSA) is 38.8 Å². The largest absolute Gasteiger partial charge is 0.493 e. The van der Waals surface area contributed by atoms with E-state index in [0.29, 0.717) is 25.6 Å². The maximum absolute atomic E-state index is 11.8. The van der Waals surface area contributed by atoms with E-state index in [4.69, 9.17) is 9.47 Å². The van der Waals surface area contributed by atoms with Gasteiger partial charge in [0.05, 0.1) is 6.61 Å². The van der Waals surface area contributed by atoms with Gasteiger partial charge in [-0.2, -0.15) is 0 Å². The van der Waals surface area contributed by atoms with Crippen LogP contribution in [-0.4, -0.2) is 36.3 Å². The van der Waals surface area contributed by atoms with E-state index in [-0.39, 0.29) is 6.09 Å². The van der Waals surface area contributed by atoms with Crippen LogP contribution in [0.1, 0.15) is 26.3 Å². The molecule has 0 unspecified atom stereocenters. The average molecular weight is 403 g/mol. The van der Waals surface area contributed by atoms with E-state index < -0.39 is 5.60 Å². The lowest BCUT2D eigenvalue weighted by atomic mass is 10.0. The van der Waals surface area contributed by atoms with Crippen LogP contribution in [-0.2, 0) is 4.74 Å². The molecule has 1 heterocycles. The first-order valence-electron chi connectivity index (χ1n) is 7.11. The van der Waals surface area contributed by atoms with E-state index in [2.05, 4.69) is 35.6 Å². The van der Waals surface area contributed by atoms with Gasteiger partial charge in [0.15, 0.2) is 0 Å². The molecule has 0 bridgehead atoms. The standard InChI is InChI=1S/C16H22INO3/c1-11-7-13(5-6-14(11)17)20-10-12-8-18(9-12)15(19)21-16(2,3)4/h5-7,12H,8-10H2,1-4H3. The Kier molecular flexibility index (Phi) is 5.01. The molecule has 0 radical (unpaired) electrons. The molecule has 1 aliphatic rings. The van der Waals surface area contributed by atoms with Crippen molar-refractivity contribution in [2.75, 3.05) is 19.7 Å². The minimum atomic E-state index is -0.433. The Morgan fingerprint density at radius 1 is 1.38 bits per heavy atom. The van der Waals surface area contributed by atoms with Gasteiger partial charge in [-0.3, -0.25) is 0 Å². The number of carbonyl (C=O) groups is 1. The number of aryl methyl sites for hydroxylation is 1. The molecule has 1 aromatic rings. The molecule has 0 N–H and O–H groups in total. The number of hydrogen-bond donors (Lipinski definition) is 0. The van der Waals surface area contributed by atoms with Crippen molar-refractivity contribution in [3.63, 3.8) is 0 Å². The summed E-state index contributed by atoms with van der Waals surface area (Å²) in [7, 11) is 0. The van der Waals surface area contributed by atoms with E-state index in [1.165, 1.54) is 9.13 Å². The second kappa shape index (κ2) is 6.42. The first-order valence-corrected chi connectivity index (χ1v) is 8.19. The van der Waals surface area contributed by atoms with Gasteiger partial charge in [0.2, 0.25) is 0 Å². The quantitative estimate of drug-likeness (QED) is 0.720. The van der Waals surface area contributed by atoms with Crippen LogP contribution in [0.15, 0.2) is 18.2 Å². The van der Waals surface area contributed by atoms with Crippen molar-refractivity contribution >= 4 is 28.7 Å². The highest BCUT2D eigenvalue weighted by atomic mass is 127. The van der Waals surface area contributed by atoms with E-state index in [9.17, 15) is 4.79 Å². The fourth-order valence-electron chi connectivity index (χ4n) is 2.07.